The molecule has 3 rings (SSSR count). The maximum atomic E-state index is 12.9. The minimum atomic E-state index is -3.69. The SMILES string of the molecule is CC(=O)Nc1cccc(NC(=O)C2CCCN(S(=O)(=O)c3ccc(Cl)cc3)C2)c1. The van der Waals surface area contributed by atoms with Crippen LogP contribution in [0.4, 0.5) is 11.4 Å². The molecule has 2 aromatic carbocycles. The summed E-state index contributed by atoms with van der Waals surface area (Å²) in [4.78, 5) is 24.1. The summed E-state index contributed by atoms with van der Waals surface area (Å²) in [5, 5.41) is 5.93. The Morgan fingerprint density at radius 3 is 2.38 bits per heavy atom. The molecule has 2 N–H and O–H groups in total. The van der Waals surface area contributed by atoms with Crippen LogP contribution in [0.5, 0.6) is 0 Å². The molecule has 1 heterocycles. The first-order valence-electron chi connectivity index (χ1n) is 9.20. The number of hydrogen-bond acceptors (Lipinski definition) is 4. The lowest BCUT2D eigenvalue weighted by molar-refractivity contribution is -0.121. The monoisotopic (exact) mass is 435 g/mol. The van der Waals surface area contributed by atoms with E-state index in [9.17, 15) is 18.0 Å². The van der Waals surface area contributed by atoms with Crippen LogP contribution in [-0.2, 0) is 19.6 Å². The molecule has 0 aliphatic carbocycles. The van der Waals surface area contributed by atoms with Gasteiger partial charge in [-0.05, 0) is 55.3 Å². The van der Waals surface area contributed by atoms with Crippen LogP contribution in [0.1, 0.15) is 19.8 Å². The molecule has 2 aromatic rings. The van der Waals surface area contributed by atoms with E-state index in [-0.39, 0.29) is 23.3 Å². The Bertz CT molecular complexity index is 1010. The number of nitrogens with one attached hydrogen (secondary N) is 2. The molecule has 0 bridgehead atoms. The van der Waals surface area contributed by atoms with Crippen molar-refractivity contribution in [3.05, 3.63) is 53.6 Å². The first-order valence-corrected chi connectivity index (χ1v) is 11.0. The predicted octanol–water partition coefficient (Wildman–Crippen LogP) is 3.34. The smallest absolute Gasteiger partial charge is 0.243 e. The van der Waals surface area contributed by atoms with E-state index in [1.165, 1.54) is 35.5 Å². The van der Waals surface area contributed by atoms with Gasteiger partial charge in [-0.3, -0.25) is 9.59 Å². The standard InChI is InChI=1S/C20H22ClN3O4S/c1-14(25)22-17-5-2-6-18(12-17)23-20(26)15-4-3-11-24(13-15)29(27,28)19-9-7-16(21)8-10-19/h2,5-10,12,15H,3-4,11,13H2,1H3,(H,22,25)(H,23,26). The highest BCUT2D eigenvalue weighted by Gasteiger charge is 2.33. The Morgan fingerprint density at radius 2 is 1.72 bits per heavy atom. The Balaban J connectivity index is 1.69. The number of hydrogen-bond donors (Lipinski definition) is 2. The van der Waals surface area contributed by atoms with Crippen molar-refractivity contribution in [2.75, 3.05) is 23.7 Å². The van der Waals surface area contributed by atoms with Gasteiger partial charge >= 0.3 is 0 Å². The zero-order chi connectivity index (χ0) is 21.0. The largest absolute Gasteiger partial charge is 0.326 e. The number of rotatable bonds is 5. The van der Waals surface area contributed by atoms with Crippen molar-refractivity contribution in [3.63, 3.8) is 0 Å². The van der Waals surface area contributed by atoms with Gasteiger partial charge in [-0.15, -0.1) is 0 Å². The van der Waals surface area contributed by atoms with Crippen molar-refractivity contribution in [3.8, 4) is 0 Å². The highest BCUT2D eigenvalue weighted by Crippen LogP contribution is 2.26. The van der Waals surface area contributed by atoms with Crippen LogP contribution in [0.3, 0.4) is 0 Å². The fourth-order valence-electron chi connectivity index (χ4n) is 3.25. The van der Waals surface area contributed by atoms with Gasteiger partial charge in [0.1, 0.15) is 0 Å². The van der Waals surface area contributed by atoms with Gasteiger partial charge in [0, 0.05) is 36.4 Å². The van der Waals surface area contributed by atoms with Gasteiger partial charge < -0.3 is 10.6 Å². The van der Waals surface area contributed by atoms with Gasteiger partial charge in [0.2, 0.25) is 21.8 Å². The summed E-state index contributed by atoms with van der Waals surface area (Å²) in [5.74, 6) is -0.917. The lowest BCUT2D eigenvalue weighted by Gasteiger charge is -2.31. The second-order valence-electron chi connectivity index (χ2n) is 6.91. The van der Waals surface area contributed by atoms with E-state index in [0.717, 1.165) is 0 Å². The Labute approximate surface area is 175 Å². The van der Waals surface area contributed by atoms with Crippen LogP contribution in [0.15, 0.2) is 53.4 Å². The molecule has 1 unspecified atom stereocenters. The summed E-state index contributed by atoms with van der Waals surface area (Å²) >= 11 is 5.84. The minimum absolute atomic E-state index is 0.113. The number of nitrogens with zero attached hydrogens (tertiary/aromatic N) is 1. The summed E-state index contributed by atoms with van der Waals surface area (Å²) in [6.07, 6.45) is 1.20. The lowest BCUT2D eigenvalue weighted by atomic mass is 9.98. The first-order chi connectivity index (χ1) is 13.8. The zero-order valence-electron chi connectivity index (χ0n) is 15.9. The van der Waals surface area contributed by atoms with Crippen molar-refractivity contribution in [2.24, 2.45) is 5.92 Å². The van der Waals surface area contributed by atoms with E-state index in [2.05, 4.69) is 10.6 Å². The molecule has 154 valence electrons. The van der Waals surface area contributed by atoms with Crippen LogP contribution in [0, 0.1) is 5.92 Å². The summed E-state index contributed by atoms with van der Waals surface area (Å²) in [6, 6.07) is 12.8. The predicted molar refractivity (Wildman–Crippen MR) is 112 cm³/mol. The normalized spacial score (nSPS) is 17.5. The van der Waals surface area contributed by atoms with Gasteiger partial charge in [0.15, 0.2) is 0 Å². The van der Waals surface area contributed by atoms with Crippen molar-refractivity contribution in [1.82, 2.24) is 4.31 Å². The second kappa shape index (κ2) is 8.94. The summed E-state index contributed by atoms with van der Waals surface area (Å²) in [6.45, 7) is 1.89. The molecule has 9 heteroatoms. The number of sulfonamides is 1. The quantitative estimate of drug-likeness (QED) is 0.752. The topological polar surface area (TPSA) is 95.6 Å². The first kappa shape index (κ1) is 21.3. The second-order valence-corrected chi connectivity index (χ2v) is 9.28. The fourth-order valence-corrected chi connectivity index (χ4v) is 4.90. The summed E-state index contributed by atoms with van der Waals surface area (Å²) in [7, 11) is -3.69. The molecule has 2 amide bonds. The average Bonchev–Trinajstić information content (AvgIpc) is 2.68. The zero-order valence-corrected chi connectivity index (χ0v) is 17.5. The third kappa shape index (κ3) is 5.35. The Kier molecular flexibility index (Phi) is 6.56. The van der Waals surface area contributed by atoms with E-state index < -0.39 is 15.9 Å². The minimum Gasteiger partial charge on any atom is -0.326 e. The summed E-state index contributed by atoms with van der Waals surface area (Å²) in [5.41, 5.74) is 1.12. The molecule has 1 saturated heterocycles. The van der Waals surface area contributed by atoms with E-state index in [4.69, 9.17) is 11.6 Å². The van der Waals surface area contributed by atoms with Crippen molar-refractivity contribution >= 4 is 44.8 Å². The Hall–Kier alpha value is -2.42. The van der Waals surface area contributed by atoms with E-state index in [1.54, 1.807) is 24.3 Å². The number of piperidine rings is 1. The van der Waals surface area contributed by atoms with Crippen molar-refractivity contribution in [2.45, 2.75) is 24.7 Å². The number of carbonyl (C=O) groups is 2. The molecule has 0 aromatic heterocycles. The van der Waals surface area contributed by atoms with Crippen LogP contribution in [-0.4, -0.2) is 37.6 Å². The lowest BCUT2D eigenvalue weighted by Crippen LogP contribution is -2.43. The molecule has 1 fully saturated rings. The number of anilines is 2. The molecule has 1 aliphatic rings. The number of halogens is 1. The third-order valence-corrected chi connectivity index (χ3v) is 6.79. The molecule has 0 spiro atoms. The fraction of sp³-hybridized carbons (Fsp3) is 0.300. The maximum Gasteiger partial charge on any atom is 0.243 e. The van der Waals surface area contributed by atoms with Gasteiger partial charge in [-0.25, -0.2) is 8.42 Å². The van der Waals surface area contributed by atoms with Crippen molar-refractivity contribution in [1.29, 1.82) is 0 Å². The molecule has 0 saturated carbocycles. The molecule has 0 radical (unpaired) electrons. The highest BCUT2D eigenvalue weighted by molar-refractivity contribution is 7.89. The van der Waals surface area contributed by atoms with E-state index in [1.807, 2.05) is 0 Å². The van der Waals surface area contributed by atoms with Crippen LogP contribution >= 0.6 is 11.6 Å². The van der Waals surface area contributed by atoms with Gasteiger partial charge in [-0.1, -0.05) is 17.7 Å². The van der Waals surface area contributed by atoms with E-state index >= 15 is 0 Å². The van der Waals surface area contributed by atoms with E-state index in [0.29, 0.717) is 35.8 Å². The number of amides is 2. The van der Waals surface area contributed by atoms with Gasteiger partial charge in [0.25, 0.3) is 0 Å². The maximum absolute atomic E-state index is 12.9. The van der Waals surface area contributed by atoms with Gasteiger partial charge in [0.05, 0.1) is 10.8 Å². The van der Waals surface area contributed by atoms with Gasteiger partial charge in [-0.2, -0.15) is 4.31 Å². The summed E-state index contributed by atoms with van der Waals surface area (Å²) < 4.78 is 27.1. The molecular weight excluding hydrogens is 414 g/mol. The van der Waals surface area contributed by atoms with Crippen LogP contribution in [0.2, 0.25) is 5.02 Å². The number of benzene rings is 2. The van der Waals surface area contributed by atoms with Crippen LogP contribution < -0.4 is 10.6 Å². The molecule has 29 heavy (non-hydrogen) atoms. The van der Waals surface area contributed by atoms with Crippen LogP contribution in [0.25, 0.3) is 0 Å². The highest BCUT2D eigenvalue weighted by atomic mass is 35.5. The third-order valence-electron chi connectivity index (χ3n) is 4.66. The molecule has 7 nitrogen and oxygen atoms in total. The molecule has 1 aliphatic heterocycles. The Morgan fingerprint density at radius 1 is 1.07 bits per heavy atom. The average molecular weight is 436 g/mol. The molecule has 1 atom stereocenters. The number of carbonyl (C=O) groups excluding carboxylic acids is 2. The molecular formula is C20H22ClN3O4S. The van der Waals surface area contributed by atoms with Crippen molar-refractivity contribution < 1.29 is 18.0 Å².